The van der Waals surface area contributed by atoms with Crippen molar-refractivity contribution in [2.75, 3.05) is 0 Å². The fraction of sp³-hybridized carbons (Fsp3) is 0. The molecule has 5 nitrogen and oxygen atoms in total. The van der Waals surface area contributed by atoms with Gasteiger partial charge in [-0.05, 0) is 115 Å². The number of carbonyl (C=O) groups is 1. The summed E-state index contributed by atoms with van der Waals surface area (Å²) in [7, 11) is 0. The highest BCUT2D eigenvalue weighted by atomic mass is 127. The van der Waals surface area contributed by atoms with Crippen LogP contribution >= 0.6 is 90.4 Å². The monoisotopic (exact) mass is 855 g/mol. The smallest absolute Gasteiger partial charge is 0.378 e. The second kappa shape index (κ2) is 8.31. The predicted octanol–water partition coefficient (Wildman–Crippen LogP) is 7.20. The molecule has 0 amide bonds. The van der Waals surface area contributed by atoms with E-state index in [9.17, 15) is 20.1 Å². The van der Waals surface area contributed by atoms with Gasteiger partial charge in [-0.2, -0.15) is 0 Å². The molecule has 0 aliphatic carbocycles. The van der Waals surface area contributed by atoms with Gasteiger partial charge in [0.15, 0.2) is 18.6 Å². The van der Waals surface area contributed by atoms with Crippen LogP contribution in [-0.2, 0) is 0 Å². The van der Waals surface area contributed by atoms with Crippen LogP contribution in [0.2, 0.25) is 0 Å². The van der Waals surface area contributed by atoms with Crippen LogP contribution in [0.5, 0.6) is 11.5 Å². The molecule has 30 heavy (non-hydrogen) atoms. The summed E-state index contributed by atoms with van der Waals surface area (Å²) in [5.74, 6) is -1.94. The first kappa shape index (κ1) is 22.4. The molecule has 0 saturated carbocycles. The Bertz CT molecular complexity index is 1330. The Kier molecular flexibility index (Phi) is 6.22. The average Bonchev–Trinajstić information content (AvgIpc) is 2.70. The number of phenolic OH excluding ortho intramolecular Hbond substituents is 2. The van der Waals surface area contributed by atoms with Crippen molar-refractivity contribution in [3.8, 4) is 22.6 Å². The maximum absolute atomic E-state index is 15.1. The third-order valence-electron chi connectivity index (χ3n) is 4.54. The van der Waals surface area contributed by atoms with Crippen molar-refractivity contribution in [3.63, 3.8) is 0 Å². The van der Waals surface area contributed by atoms with Crippen LogP contribution in [0.15, 0.2) is 34.7 Å². The van der Waals surface area contributed by atoms with Crippen LogP contribution in [0.1, 0.15) is 10.4 Å². The van der Waals surface area contributed by atoms with Crippen LogP contribution < -0.4 is 0 Å². The average molecular weight is 855 g/mol. The highest BCUT2D eigenvalue weighted by molar-refractivity contribution is 14.1. The Hall–Kier alpha value is -0.750. The van der Waals surface area contributed by atoms with Crippen molar-refractivity contribution in [2.24, 2.45) is 0 Å². The largest absolute Gasteiger partial charge is 0.505 e. The normalized spacial score (nSPS) is 11.4. The second-order valence-electron chi connectivity index (χ2n) is 6.24. The molecule has 10 heteroatoms. The van der Waals surface area contributed by atoms with E-state index in [1.165, 1.54) is 18.2 Å². The first-order chi connectivity index (χ1) is 14.1. The molecule has 0 aliphatic heterocycles. The van der Waals surface area contributed by atoms with Crippen molar-refractivity contribution >= 4 is 118 Å². The summed E-state index contributed by atoms with van der Waals surface area (Å²) >= 11 is 7.78. The van der Waals surface area contributed by atoms with E-state index in [-0.39, 0.29) is 33.8 Å². The van der Waals surface area contributed by atoms with E-state index >= 15 is 4.39 Å². The minimum Gasteiger partial charge on any atom is -0.505 e. The molecule has 0 atom stereocenters. The van der Waals surface area contributed by atoms with Crippen LogP contribution in [0.25, 0.3) is 33.1 Å². The van der Waals surface area contributed by atoms with Crippen LogP contribution in [0, 0.1) is 20.1 Å². The molecule has 4 rings (SSSR count). The first-order valence-corrected chi connectivity index (χ1v) is 12.4. The molecular formula is C20H8FI4O5+. The predicted molar refractivity (Wildman–Crippen MR) is 145 cm³/mol. The SMILES string of the molecule is O=C(O)c1cccc(F)c1-c1c2cc(I)c(O)c(I)c2[o+]c2c(I)c(O)c(I)cc12. The molecule has 4 aromatic rings. The van der Waals surface area contributed by atoms with Gasteiger partial charge in [-0.3, -0.25) is 0 Å². The Morgan fingerprint density at radius 3 is 1.83 bits per heavy atom. The zero-order valence-corrected chi connectivity index (χ0v) is 23.1. The standard InChI is InChI=1S/C20H7FI4O5/c21-9-3-1-2-6(20(28)29)13(9)12-7-4-10(22)16(26)14(24)18(7)30-19-8(12)5-11(23)17(27)15(19)25/h1-5H,(H2-,26,27,28,29)/p+1. The maximum Gasteiger partial charge on any atom is 0.378 e. The van der Waals surface area contributed by atoms with Gasteiger partial charge in [0.1, 0.15) is 5.82 Å². The summed E-state index contributed by atoms with van der Waals surface area (Å²) in [6, 6.07) is 7.16. The van der Waals surface area contributed by atoms with Crippen LogP contribution in [-0.4, -0.2) is 21.3 Å². The molecule has 3 N–H and O–H groups in total. The number of hydrogen-bond acceptors (Lipinski definition) is 3. The third-order valence-corrected chi connectivity index (χ3v) is 8.18. The van der Waals surface area contributed by atoms with Gasteiger partial charge in [-0.1, -0.05) is 6.07 Å². The van der Waals surface area contributed by atoms with E-state index in [2.05, 4.69) is 0 Å². The van der Waals surface area contributed by atoms with E-state index in [0.717, 1.165) is 0 Å². The summed E-state index contributed by atoms with van der Waals surface area (Å²) < 4.78 is 23.0. The lowest BCUT2D eigenvalue weighted by atomic mass is 9.93. The highest BCUT2D eigenvalue weighted by Gasteiger charge is 2.32. The number of carboxylic acids is 1. The molecule has 3 aromatic carbocycles. The van der Waals surface area contributed by atoms with Gasteiger partial charge in [0.05, 0.1) is 23.5 Å². The van der Waals surface area contributed by atoms with Crippen molar-refractivity contribution in [1.29, 1.82) is 0 Å². The number of carboxylic acid groups (broad SMARTS) is 1. The zero-order valence-electron chi connectivity index (χ0n) is 14.4. The van der Waals surface area contributed by atoms with Gasteiger partial charge < -0.3 is 15.3 Å². The Morgan fingerprint density at radius 2 is 1.37 bits per heavy atom. The maximum atomic E-state index is 15.1. The summed E-state index contributed by atoms with van der Waals surface area (Å²) in [5, 5.41) is 31.5. The van der Waals surface area contributed by atoms with Crippen molar-refractivity contribution < 1.29 is 28.9 Å². The Labute approximate surface area is 223 Å². The fourth-order valence-electron chi connectivity index (χ4n) is 3.23. The number of fused-ring (bicyclic) bond motifs is 2. The molecule has 0 bridgehead atoms. The number of aromatic hydroxyl groups is 2. The van der Waals surface area contributed by atoms with Gasteiger partial charge in [-0.15, -0.1) is 0 Å². The molecule has 0 radical (unpaired) electrons. The third kappa shape index (κ3) is 3.50. The second-order valence-corrected chi connectivity index (χ2v) is 10.7. The number of phenols is 2. The molecule has 0 spiro atoms. The molecule has 0 aliphatic rings. The molecular weight excluding hydrogens is 847 g/mol. The van der Waals surface area contributed by atoms with Gasteiger partial charge in [0.2, 0.25) is 0 Å². The Morgan fingerprint density at radius 1 is 0.867 bits per heavy atom. The minimum absolute atomic E-state index is 0.00878. The summed E-state index contributed by atoms with van der Waals surface area (Å²) in [6.07, 6.45) is 0. The lowest BCUT2D eigenvalue weighted by Gasteiger charge is -2.12. The lowest BCUT2D eigenvalue weighted by Crippen LogP contribution is -2.03. The quantitative estimate of drug-likeness (QED) is 0.113. The molecule has 0 saturated heterocycles. The van der Waals surface area contributed by atoms with E-state index in [1.807, 2.05) is 90.4 Å². The Balaban J connectivity index is 2.38. The summed E-state index contributed by atoms with van der Waals surface area (Å²) in [6.45, 7) is 0. The van der Waals surface area contributed by atoms with Gasteiger partial charge >= 0.3 is 17.1 Å². The number of aromatic carboxylic acids is 1. The first-order valence-electron chi connectivity index (χ1n) is 8.13. The molecule has 1 heterocycles. The number of halogens is 5. The molecule has 0 fully saturated rings. The van der Waals surface area contributed by atoms with E-state index < -0.39 is 11.8 Å². The minimum atomic E-state index is -1.27. The number of hydrogen-bond donors (Lipinski definition) is 3. The van der Waals surface area contributed by atoms with Gasteiger partial charge in [0.25, 0.3) is 0 Å². The molecule has 152 valence electrons. The van der Waals surface area contributed by atoms with Crippen LogP contribution in [0.3, 0.4) is 0 Å². The van der Waals surface area contributed by atoms with E-state index in [0.29, 0.717) is 30.6 Å². The highest BCUT2D eigenvalue weighted by Crippen LogP contribution is 2.46. The van der Waals surface area contributed by atoms with Crippen LogP contribution in [0.4, 0.5) is 4.39 Å². The van der Waals surface area contributed by atoms with E-state index in [1.54, 1.807) is 12.1 Å². The van der Waals surface area contributed by atoms with Gasteiger partial charge in [0, 0.05) is 11.1 Å². The van der Waals surface area contributed by atoms with Crippen molar-refractivity contribution in [2.45, 2.75) is 0 Å². The zero-order chi connectivity index (χ0) is 21.9. The van der Waals surface area contributed by atoms with Crippen molar-refractivity contribution in [3.05, 3.63) is 56.0 Å². The van der Waals surface area contributed by atoms with Gasteiger partial charge in [-0.25, -0.2) is 13.6 Å². The summed E-state index contributed by atoms with van der Waals surface area (Å²) in [4.78, 5) is 11.9. The number of benzene rings is 3. The fourth-order valence-corrected chi connectivity index (χ4v) is 6.80. The molecule has 0 unspecified atom stereocenters. The van der Waals surface area contributed by atoms with Crippen molar-refractivity contribution in [1.82, 2.24) is 0 Å². The topological polar surface area (TPSA) is 89.1 Å². The lowest BCUT2D eigenvalue weighted by molar-refractivity contribution is 0.0697. The summed E-state index contributed by atoms with van der Waals surface area (Å²) in [5.41, 5.74) is 0.599. The molecule has 1 aromatic heterocycles. The number of rotatable bonds is 2. The van der Waals surface area contributed by atoms with E-state index in [4.69, 9.17) is 4.42 Å².